The van der Waals surface area contributed by atoms with E-state index in [2.05, 4.69) is 19.6 Å². The van der Waals surface area contributed by atoms with E-state index < -0.39 is 124 Å². The van der Waals surface area contributed by atoms with E-state index in [0.717, 1.165) is 16.5 Å². The molecule has 4 N–H and O–H groups in total. The molecule has 12 fully saturated rings. The number of hydrogen-bond acceptors (Lipinski definition) is 20. The van der Waals surface area contributed by atoms with Crippen molar-refractivity contribution in [1.29, 1.82) is 0 Å². The molecule has 12 saturated heterocycles. The summed E-state index contributed by atoms with van der Waals surface area (Å²) < 4.78 is 437. The third-order valence-electron chi connectivity index (χ3n) is 12.5. The van der Waals surface area contributed by atoms with Crippen LogP contribution >= 0.6 is 0 Å². The van der Waals surface area contributed by atoms with Gasteiger partial charge in [-0.15, -0.1) is 0 Å². The van der Waals surface area contributed by atoms with Gasteiger partial charge in [-0.2, -0.15) is 105 Å². The van der Waals surface area contributed by atoms with Gasteiger partial charge >= 0.3 is 44.1 Å². The summed E-state index contributed by atoms with van der Waals surface area (Å²) in [4.78, 5) is 17.6. The summed E-state index contributed by atoms with van der Waals surface area (Å²) in [6.07, 6.45) is 0. The summed E-state index contributed by atoms with van der Waals surface area (Å²) in [7, 11) is -53.8. The normalized spacial score (nSPS) is 25.7. The predicted octanol–water partition coefficient (Wildman–Crippen LogP) is -2.96. The van der Waals surface area contributed by atoms with Crippen LogP contribution in [0.25, 0.3) is 16.5 Å². The molecular formula is C32H52F24N12O16S8. The Balaban J connectivity index is 0.000000532. The fourth-order valence-electron chi connectivity index (χ4n) is 7.49. The van der Waals surface area contributed by atoms with Gasteiger partial charge in [0.2, 0.25) is 0 Å². The zero-order valence-electron chi connectivity index (χ0n) is 45.4. The van der Waals surface area contributed by atoms with Gasteiger partial charge in [0.15, 0.2) is 80.2 Å². The van der Waals surface area contributed by atoms with Crippen LogP contribution in [0.1, 0.15) is 0 Å². The van der Waals surface area contributed by atoms with Crippen molar-refractivity contribution in [3.05, 3.63) is 16.5 Å². The van der Waals surface area contributed by atoms with Crippen molar-refractivity contribution in [2.45, 2.75) is 44.1 Å². The minimum Gasteiger partial charge on any atom is -0.421 e. The van der Waals surface area contributed by atoms with Gasteiger partial charge < -0.3 is 36.1 Å². The second-order valence-corrected chi connectivity index (χ2v) is 32.7. The summed E-state index contributed by atoms with van der Waals surface area (Å²) in [6.45, 7) is 33.1. The lowest BCUT2D eigenvalue weighted by Gasteiger charge is -2.38. The molecule has 12 aliphatic heterocycles. The summed E-state index contributed by atoms with van der Waals surface area (Å²) in [5.41, 5.74) is -49.6. The fraction of sp³-hybridized carbons (Fsp3) is 1.00. The largest absolute Gasteiger partial charge is 0.480 e. The third-order valence-corrected chi connectivity index (χ3v) is 23.5. The summed E-state index contributed by atoms with van der Waals surface area (Å²) in [6, 6.07) is 0. The smallest absolute Gasteiger partial charge is 0.421 e. The molecule has 12 aliphatic rings. The molecular weight excluding hydrogens is 1520 g/mol. The first-order valence-corrected chi connectivity index (χ1v) is 35.9. The van der Waals surface area contributed by atoms with E-state index >= 15 is 0 Å². The van der Waals surface area contributed by atoms with E-state index in [1.165, 1.54) is 157 Å². The van der Waals surface area contributed by atoms with Gasteiger partial charge in [-0.3, -0.25) is 19.6 Å². The number of alkyl halides is 24. The monoisotopic (exact) mass is 1570 g/mol. The molecule has 0 aliphatic carbocycles. The maximum absolute atomic E-state index is 11.4. The first-order chi connectivity index (χ1) is 40.6. The lowest BCUT2D eigenvalue weighted by molar-refractivity contribution is -0.914. The third kappa shape index (κ3) is 27.7. The van der Waals surface area contributed by atoms with Gasteiger partial charge in [0, 0.05) is 78.5 Å². The molecule has 8 bridgehead atoms. The van der Waals surface area contributed by atoms with Gasteiger partial charge in [-0.05, 0) is 0 Å². The second-order valence-electron chi connectivity index (χ2n) is 19.0. The molecule has 12 rings (SSSR count). The molecule has 0 amide bonds. The highest BCUT2D eigenvalue weighted by atomic mass is 32.3. The molecule has 552 valence electrons. The SMILES string of the molecule is C1C[NH+]2CCN1CC2.C1C[NH+]2CCN1CC2.C1C[NH+]2CCN1CC2.C1C[NH+]2CCN1CC2.O=S(=O)([N-]S(=O)(=O)C(F)(F)F)C(F)(F)F.O=S(=O)([N-]S(=O)(=O)C(F)(F)F)C(F)(F)F.O=S(=O)([N-]S(=O)(=O)C(F)(F)F)C(F)(F)F.O=S(=O)([N-]S(=O)(=O)C(F)(F)F)C(F)(F)F. The number of nitrogens with one attached hydrogen (secondary N) is 4. The van der Waals surface area contributed by atoms with E-state index in [9.17, 15) is 173 Å². The maximum atomic E-state index is 11.4. The summed E-state index contributed by atoms with van der Waals surface area (Å²) in [5.74, 6) is 0. The average Bonchev–Trinajstić information content (AvgIpc) is 0.813. The van der Waals surface area contributed by atoms with E-state index in [1.807, 2.05) is 19.6 Å². The number of rotatable bonds is 8. The van der Waals surface area contributed by atoms with Crippen molar-refractivity contribution in [1.82, 2.24) is 19.6 Å². The number of hydrogen-bond donors (Lipinski definition) is 4. The maximum Gasteiger partial charge on any atom is 0.480 e. The molecule has 0 aromatic heterocycles. The molecule has 0 saturated carbocycles. The Morgan fingerprint density at radius 2 is 0.261 bits per heavy atom. The van der Waals surface area contributed by atoms with Crippen molar-refractivity contribution in [2.75, 3.05) is 157 Å². The lowest BCUT2D eigenvalue weighted by atomic mass is 10.2. The Bertz CT molecular complexity index is 2610. The summed E-state index contributed by atoms with van der Waals surface area (Å²) >= 11 is 0. The number of piperazine rings is 12. The Morgan fingerprint density at radius 1 is 0.185 bits per heavy atom. The van der Waals surface area contributed by atoms with E-state index in [0.29, 0.717) is 0 Å². The number of fused-ring (bicyclic) bond motifs is 12. The van der Waals surface area contributed by atoms with Crippen LogP contribution in [0.3, 0.4) is 0 Å². The fourth-order valence-corrected chi connectivity index (χ4v) is 14.3. The van der Waals surface area contributed by atoms with E-state index in [-0.39, 0.29) is 0 Å². The Labute approximate surface area is 507 Å². The Hall–Kier alpha value is -2.56. The molecule has 92 heavy (non-hydrogen) atoms. The molecule has 0 unspecified atom stereocenters. The standard InChI is InChI=1S/4C6H12N2.4C2F6NO4S2/c4*1-2-8-5-3-7(1)4-6-8;4*3-1(4,5)14(10,11)9-15(12,13)2(6,7)8/h4*1-6H2;;;;/q;;;;4*-1/p+4. The molecule has 28 nitrogen and oxygen atoms in total. The predicted molar refractivity (Wildman–Crippen MR) is 261 cm³/mol. The van der Waals surface area contributed by atoms with Crippen molar-refractivity contribution in [3.8, 4) is 0 Å². The zero-order chi connectivity index (χ0) is 72.4. The van der Waals surface area contributed by atoms with Crippen LogP contribution in [0.5, 0.6) is 0 Å². The summed E-state index contributed by atoms with van der Waals surface area (Å²) in [5, 5.41) is 0. The topological polar surface area (TPSA) is 360 Å². The number of halogens is 24. The minimum atomic E-state index is -6.72. The Kier molecular flexibility index (Phi) is 30.4. The van der Waals surface area contributed by atoms with Gasteiger partial charge in [0.05, 0.1) is 78.5 Å². The van der Waals surface area contributed by atoms with Gasteiger partial charge in [0.25, 0.3) is 0 Å². The van der Waals surface area contributed by atoms with Gasteiger partial charge in [0.1, 0.15) is 0 Å². The molecule has 0 atom stereocenters. The van der Waals surface area contributed by atoms with Crippen LogP contribution < -0.4 is 19.6 Å². The molecule has 60 heteroatoms. The molecule has 12 heterocycles. The van der Waals surface area contributed by atoms with Crippen LogP contribution in [0.4, 0.5) is 105 Å². The van der Waals surface area contributed by atoms with Crippen LogP contribution in [0.2, 0.25) is 0 Å². The van der Waals surface area contributed by atoms with Gasteiger partial charge in [-0.25, -0.2) is 67.3 Å². The highest BCUT2D eigenvalue weighted by molar-refractivity contribution is 8.14. The second kappa shape index (κ2) is 32.0. The molecule has 0 radical (unpaired) electrons. The van der Waals surface area contributed by atoms with Crippen LogP contribution in [-0.2, 0) is 80.2 Å². The first-order valence-electron chi connectivity index (χ1n) is 24.3. The zero-order valence-corrected chi connectivity index (χ0v) is 51.9. The number of quaternary nitrogens is 4. The minimum absolute atomic E-state index is 0.778. The van der Waals surface area contributed by atoms with E-state index in [4.69, 9.17) is 0 Å². The Morgan fingerprint density at radius 3 is 0.293 bits per heavy atom. The number of sulfonamides is 8. The highest BCUT2D eigenvalue weighted by Gasteiger charge is 2.51. The van der Waals surface area contributed by atoms with Crippen molar-refractivity contribution in [3.63, 3.8) is 0 Å². The van der Waals surface area contributed by atoms with Crippen molar-refractivity contribution in [2.24, 2.45) is 0 Å². The van der Waals surface area contributed by atoms with Crippen LogP contribution in [0.15, 0.2) is 0 Å². The van der Waals surface area contributed by atoms with Crippen molar-refractivity contribution < 1.29 is 192 Å². The van der Waals surface area contributed by atoms with E-state index in [1.54, 1.807) is 0 Å². The van der Waals surface area contributed by atoms with Crippen LogP contribution in [-0.4, -0.2) is 288 Å². The molecule has 0 aromatic carbocycles. The molecule has 0 spiro atoms. The van der Waals surface area contributed by atoms with Crippen molar-refractivity contribution >= 4 is 80.2 Å². The average molecular weight is 1570 g/mol. The van der Waals surface area contributed by atoms with Gasteiger partial charge in [-0.1, -0.05) is 0 Å². The highest BCUT2D eigenvalue weighted by Crippen LogP contribution is 2.40. The lowest BCUT2D eigenvalue weighted by Crippen LogP contribution is -3.17. The quantitative estimate of drug-likeness (QED) is 0.176. The first kappa shape index (κ1) is 87.5. The molecule has 0 aromatic rings. The van der Waals surface area contributed by atoms with Crippen LogP contribution in [0, 0.1) is 0 Å². The number of nitrogens with zero attached hydrogens (tertiary/aromatic N) is 8.